The van der Waals surface area contributed by atoms with E-state index in [1.165, 1.54) is 0 Å². The maximum absolute atomic E-state index is 12.4. The molecule has 0 spiro atoms. The molecule has 1 aromatic carbocycles. The highest BCUT2D eigenvalue weighted by atomic mass is 32.1. The topological polar surface area (TPSA) is 81.6 Å². The molecule has 5 nitrogen and oxygen atoms in total. The van der Waals surface area contributed by atoms with Crippen molar-refractivity contribution in [1.82, 2.24) is 9.97 Å². The maximum Gasteiger partial charge on any atom is 0.259 e. The van der Waals surface area contributed by atoms with E-state index in [9.17, 15) is 4.79 Å². The van der Waals surface area contributed by atoms with E-state index in [2.05, 4.69) is 21.4 Å². The Labute approximate surface area is 144 Å². The third-order valence-corrected chi connectivity index (χ3v) is 5.19. The smallest absolute Gasteiger partial charge is 0.259 e. The minimum absolute atomic E-state index is 0.0881. The van der Waals surface area contributed by atoms with Crippen LogP contribution in [0, 0.1) is 25.2 Å². The van der Waals surface area contributed by atoms with Crippen molar-refractivity contribution < 1.29 is 0 Å². The third kappa shape index (κ3) is 3.03. The lowest BCUT2D eigenvalue weighted by Gasteiger charge is -2.14. The summed E-state index contributed by atoms with van der Waals surface area (Å²) < 4.78 is 0. The van der Waals surface area contributed by atoms with Crippen LogP contribution in [-0.4, -0.2) is 9.97 Å². The molecule has 24 heavy (non-hydrogen) atoms. The van der Waals surface area contributed by atoms with Crippen LogP contribution in [0.4, 0.5) is 5.69 Å². The Morgan fingerprint density at radius 2 is 2.04 bits per heavy atom. The fraction of sp³-hybridized carbons (Fsp3) is 0.278. The monoisotopic (exact) mass is 338 g/mol. The van der Waals surface area contributed by atoms with Crippen LogP contribution < -0.4 is 10.9 Å². The fourth-order valence-corrected chi connectivity index (χ4v) is 3.64. The minimum atomic E-state index is -0.133. The molecule has 2 N–H and O–H groups in total. The lowest BCUT2D eigenvalue weighted by Crippen LogP contribution is -2.17. The molecule has 0 unspecified atom stereocenters. The van der Waals surface area contributed by atoms with Crippen LogP contribution in [0.1, 0.15) is 34.8 Å². The molecule has 122 valence electrons. The fourth-order valence-electron chi connectivity index (χ4n) is 2.60. The van der Waals surface area contributed by atoms with Crippen molar-refractivity contribution in [3.05, 3.63) is 56.4 Å². The second-order valence-electron chi connectivity index (χ2n) is 5.81. The van der Waals surface area contributed by atoms with E-state index in [0.29, 0.717) is 17.6 Å². The van der Waals surface area contributed by atoms with Gasteiger partial charge in [0, 0.05) is 10.6 Å². The van der Waals surface area contributed by atoms with Gasteiger partial charge in [-0.2, -0.15) is 5.26 Å². The summed E-state index contributed by atoms with van der Waals surface area (Å²) >= 11 is 1.55. The Hall–Kier alpha value is -2.65. The Morgan fingerprint density at radius 3 is 2.71 bits per heavy atom. The van der Waals surface area contributed by atoms with Crippen LogP contribution in [0.5, 0.6) is 0 Å². The van der Waals surface area contributed by atoms with Crippen LogP contribution in [0.25, 0.3) is 10.2 Å². The average Bonchev–Trinajstić information content (AvgIpc) is 2.84. The van der Waals surface area contributed by atoms with E-state index in [4.69, 9.17) is 5.26 Å². The number of aromatic nitrogens is 2. The van der Waals surface area contributed by atoms with Gasteiger partial charge in [0.15, 0.2) is 0 Å². The van der Waals surface area contributed by atoms with Gasteiger partial charge in [-0.1, -0.05) is 12.1 Å². The molecule has 0 fully saturated rings. The number of aryl methyl sites for hydroxylation is 2. The molecular weight excluding hydrogens is 320 g/mol. The van der Waals surface area contributed by atoms with Crippen molar-refractivity contribution in [3.63, 3.8) is 0 Å². The number of fused-ring (bicyclic) bond motifs is 1. The number of benzene rings is 1. The normalized spacial score (nSPS) is 12.1. The molecule has 0 radical (unpaired) electrons. The summed E-state index contributed by atoms with van der Waals surface area (Å²) in [6, 6.07) is 9.70. The lowest BCUT2D eigenvalue weighted by atomic mass is 10.1. The number of anilines is 1. The quantitative estimate of drug-likeness (QED) is 0.757. The highest BCUT2D eigenvalue weighted by Crippen LogP contribution is 2.27. The van der Waals surface area contributed by atoms with Crippen LogP contribution in [0.15, 0.2) is 29.1 Å². The Morgan fingerprint density at radius 1 is 1.33 bits per heavy atom. The van der Waals surface area contributed by atoms with Crippen molar-refractivity contribution in [2.45, 2.75) is 33.2 Å². The Bertz CT molecular complexity index is 979. The highest BCUT2D eigenvalue weighted by molar-refractivity contribution is 7.18. The summed E-state index contributed by atoms with van der Waals surface area (Å²) in [5.41, 5.74) is 2.82. The van der Waals surface area contributed by atoms with Gasteiger partial charge in [-0.15, -0.1) is 11.3 Å². The van der Waals surface area contributed by atoms with Gasteiger partial charge >= 0.3 is 0 Å². The number of nitriles is 1. The maximum atomic E-state index is 12.4. The zero-order valence-electron chi connectivity index (χ0n) is 13.8. The largest absolute Gasteiger partial charge is 0.375 e. The van der Waals surface area contributed by atoms with E-state index in [1.54, 1.807) is 11.3 Å². The first kappa shape index (κ1) is 16.2. The minimum Gasteiger partial charge on any atom is -0.375 e. The first-order valence-corrected chi connectivity index (χ1v) is 8.53. The molecule has 6 heteroatoms. The van der Waals surface area contributed by atoms with E-state index < -0.39 is 0 Å². The van der Waals surface area contributed by atoms with Gasteiger partial charge in [0.25, 0.3) is 5.56 Å². The number of aromatic amines is 1. The van der Waals surface area contributed by atoms with Gasteiger partial charge < -0.3 is 10.3 Å². The Kier molecular flexibility index (Phi) is 4.36. The zero-order valence-corrected chi connectivity index (χ0v) is 14.6. The predicted molar refractivity (Wildman–Crippen MR) is 97.5 cm³/mol. The van der Waals surface area contributed by atoms with Gasteiger partial charge in [-0.05, 0) is 44.0 Å². The van der Waals surface area contributed by atoms with Crippen molar-refractivity contribution in [2.75, 3.05) is 5.32 Å². The number of nitrogens with zero attached hydrogens (tertiary/aromatic N) is 2. The van der Waals surface area contributed by atoms with Crippen LogP contribution in [-0.2, 0) is 6.42 Å². The van der Waals surface area contributed by atoms with Crippen LogP contribution in [0.3, 0.4) is 0 Å². The van der Waals surface area contributed by atoms with E-state index in [-0.39, 0.29) is 11.6 Å². The van der Waals surface area contributed by atoms with E-state index >= 15 is 0 Å². The predicted octanol–water partition coefficient (Wildman–Crippen LogP) is 3.84. The first-order chi connectivity index (χ1) is 11.5. The van der Waals surface area contributed by atoms with E-state index in [0.717, 1.165) is 26.5 Å². The second kappa shape index (κ2) is 6.46. The molecule has 2 heterocycles. The molecule has 0 bridgehead atoms. The summed E-state index contributed by atoms with van der Waals surface area (Å²) in [4.78, 5) is 21.8. The van der Waals surface area contributed by atoms with Gasteiger partial charge in [0.2, 0.25) is 0 Å². The number of thiophene rings is 1. The first-order valence-electron chi connectivity index (χ1n) is 7.72. The van der Waals surface area contributed by atoms with Crippen molar-refractivity contribution in [3.8, 4) is 6.07 Å². The van der Waals surface area contributed by atoms with Crippen molar-refractivity contribution in [1.29, 1.82) is 5.26 Å². The van der Waals surface area contributed by atoms with Gasteiger partial charge in [0.1, 0.15) is 10.7 Å². The summed E-state index contributed by atoms with van der Waals surface area (Å²) in [7, 11) is 0. The molecular formula is C18H18N4OS. The zero-order chi connectivity index (χ0) is 17.3. The number of hydrogen-bond acceptors (Lipinski definition) is 5. The SMILES string of the molecule is Cc1sc2nc([C@H](C)Nc3ccc(CC#N)cc3)[nH]c(=O)c2c1C. The van der Waals surface area contributed by atoms with Gasteiger partial charge in [-0.3, -0.25) is 4.79 Å². The number of H-pyrrole nitrogens is 1. The molecule has 0 saturated heterocycles. The molecule has 2 aromatic heterocycles. The molecule has 0 aliphatic carbocycles. The standard InChI is InChI=1S/C18H18N4OS/c1-10-12(3)24-18-15(10)17(23)21-16(22-18)11(2)20-14-6-4-13(5-7-14)8-9-19/h4-7,11,20H,8H2,1-3H3,(H,21,22,23)/t11-/m0/s1. The molecule has 3 aromatic rings. The summed E-state index contributed by atoms with van der Waals surface area (Å²) in [5, 5.41) is 12.7. The third-order valence-electron chi connectivity index (χ3n) is 4.09. The number of hydrogen-bond donors (Lipinski definition) is 2. The molecule has 0 aliphatic rings. The van der Waals surface area contributed by atoms with Crippen molar-refractivity contribution >= 4 is 27.2 Å². The summed E-state index contributed by atoms with van der Waals surface area (Å²) in [6.45, 7) is 5.92. The summed E-state index contributed by atoms with van der Waals surface area (Å²) in [6.07, 6.45) is 0.401. The summed E-state index contributed by atoms with van der Waals surface area (Å²) in [5.74, 6) is 0.620. The average molecular weight is 338 g/mol. The number of nitrogens with one attached hydrogen (secondary N) is 2. The van der Waals surface area contributed by atoms with Crippen molar-refractivity contribution in [2.24, 2.45) is 0 Å². The number of rotatable bonds is 4. The Balaban J connectivity index is 1.87. The second-order valence-corrected chi connectivity index (χ2v) is 7.02. The van der Waals surface area contributed by atoms with Crippen LogP contribution >= 0.6 is 11.3 Å². The lowest BCUT2D eigenvalue weighted by molar-refractivity contribution is 0.792. The van der Waals surface area contributed by atoms with Gasteiger partial charge in [0.05, 0.1) is 23.9 Å². The molecule has 0 aliphatic heterocycles. The molecule has 0 amide bonds. The van der Waals surface area contributed by atoms with E-state index in [1.807, 2.05) is 45.0 Å². The van der Waals surface area contributed by atoms with Gasteiger partial charge in [-0.25, -0.2) is 4.98 Å². The molecule has 0 saturated carbocycles. The highest BCUT2D eigenvalue weighted by Gasteiger charge is 2.15. The molecule has 1 atom stereocenters. The molecule has 3 rings (SSSR count). The van der Waals surface area contributed by atoms with Crippen LogP contribution in [0.2, 0.25) is 0 Å².